The SMILES string of the molecule is c1ccn2cc(C3CCCCC3)cc2c1. The number of rotatable bonds is 1. The van der Waals surface area contributed by atoms with Crippen molar-refractivity contribution in [1.82, 2.24) is 4.40 Å². The summed E-state index contributed by atoms with van der Waals surface area (Å²) < 4.78 is 2.24. The van der Waals surface area contributed by atoms with Crippen molar-refractivity contribution in [3.63, 3.8) is 0 Å². The van der Waals surface area contributed by atoms with Crippen LogP contribution in [0.15, 0.2) is 36.7 Å². The monoisotopic (exact) mass is 199 g/mol. The number of nitrogens with zero attached hydrogens (tertiary/aromatic N) is 1. The second-order valence-corrected chi connectivity index (χ2v) is 4.64. The van der Waals surface area contributed by atoms with Gasteiger partial charge in [-0.3, -0.25) is 0 Å². The molecule has 0 saturated heterocycles. The van der Waals surface area contributed by atoms with Gasteiger partial charge in [-0.15, -0.1) is 0 Å². The molecular weight excluding hydrogens is 182 g/mol. The summed E-state index contributed by atoms with van der Waals surface area (Å²) in [4.78, 5) is 0. The molecule has 78 valence electrons. The van der Waals surface area contributed by atoms with Gasteiger partial charge in [0.1, 0.15) is 0 Å². The fourth-order valence-corrected chi connectivity index (χ4v) is 2.74. The summed E-state index contributed by atoms with van der Waals surface area (Å²) >= 11 is 0. The predicted octanol–water partition coefficient (Wildman–Crippen LogP) is 3.99. The van der Waals surface area contributed by atoms with E-state index < -0.39 is 0 Å². The smallest absolute Gasteiger partial charge is 0.0452 e. The second kappa shape index (κ2) is 3.73. The third-order valence-corrected chi connectivity index (χ3v) is 3.60. The molecule has 0 aromatic carbocycles. The third-order valence-electron chi connectivity index (χ3n) is 3.60. The molecule has 0 N–H and O–H groups in total. The van der Waals surface area contributed by atoms with Crippen LogP contribution < -0.4 is 0 Å². The van der Waals surface area contributed by atoms with Gasteiger partial charge < -0.3 is 4.40 Å². The second-order valence-electron chi connectivity index (χ2n) is 4.64. The van der Waals surface area contributed by atoms with Crippen molar-refractivity contribution >= 4 is 5.52 Å². The first-order chi connectivity index (χ1) is 7.43. The molecule has 2 aromatic heterocycles. The number of hydrogen-bond acceptors (Lipinski definition) is 0. The summed E-state index contributed by atoms with van der Waals surface area (Å²) in [5, 5.41) is 0. The molecule has 0 atom stereocenters. The molecule has 0 spiro atoms. The summed E-state index contributed by atoms with van der Waals surface area (Å²) in [5.74, 6) is 0.818. The zero-order valence-electron chi connectivity index (χ0n) is 9.02. The summed E-state index contributed by atoms with van der Waals surface area (Å²) in [6.07, 6.45) is 11.5. The molecule has 0 unspecified atom stereocenters. The molecule has 0 aliphatic heterocycles. The molecule has 0 radical (unpaired) electrons. The molecule has 1 fully saturated rings. The van der Waals surface area contributed by atoms with E-state index in [-0.39, 0.29) is 0 Å². The zero-order chi connectivity index (χ0) is 10.1. The molecule has 2 aromatic rings. The maximum atomic E-state index is 2.36. The van der Waals surface area contributed by atoms with Gasteiger partial charge in [0.25, 0.3) is 0 Å². The Bertz CT molecular complexity index is 416. The summed E-state index contributed by atoms with van der Waals surface area (Å²) in [7, 11) is 0. The van der Waals surface area contributed by atoms with Crippen LogP contribution in [0, 0.1) is 0 Å². The normalized spacial score (nSPS) is 18.4. The Morgan fingerprint density at radius 2 is 1.93 bits per heavy atom. The Kier molecular flexibility index (Phi) is 2.24. The lowest BCUT2D eigenvalue weighted by Gasteiger charge is -2.20. The predicted molar refractivity (Wildman–Crippen MR) is 63.2 cm³/mol. The van der Waals surface area contributed by atoms with Crippen LogP contribution in [0.5, 0.6) is 0 Å². The first kappa shape index (κ1) is 9.02. The zero-order valence-corrected chi connectivity index (χ0v) is 9.02. The molecule has 15 heavy (non-hydrogen) atoms. The van der Waals surface area contributed by atoms with Crippen molar-refractivity contribution in [2.24, 2.45) is 0 Å². The van der Waals surface area contributed by atoms with Gasteiger partial charge in [-0.2, -0.15) is 0 Å². The van der Waals surface area contributed by atoms with E-state index in [4.69, 9.17) is 0 Å². The molecule has 0 bridgehead atoms. The van der Waals surface area contributed by atoms with Crippen molar-refractivity contribution in [1.29, 1.82) is 0 Å². The van der Waals surface area contributed by atoms with Crippen LogP contribution in [-0.4, -0.2) is 4.40 Å². The Balaban J connectivity index is 1.96. The van der Waals surface area contributed by atoms with Crippen LogP contribution in [0.2, 0.25) is 0 Å². The van der Waals surface area contributed by atoms with Gasteiger partial charge in [-0.25, -0.2) is 0 Å². The first-order valence-electron chi connectivity index (χ1n) is 6.00. The highest BCUT2D eigenvalue weighted by Gasteiger charge is 2.16. The minimum absolute atomic E-state index is 0.818. The van der Waals surface area contributed by atoms with Gasteiger partial charge in [-0.05, 0) is 42.5 Å². The molecule has 1 saturated carbocycles. The molecule has 1 aliphatic rings. The Hall–Kier alpha value is -1.24. The van der Waals surface area contributed by atoms with Gasteiger partial charge in [0.15, 0.2) is 0 Å². The Morgan fingerprint density at radius 1 is 1.07 bits per heavy atom. The van der Waals surface area contributed by atoms with Gasteiger partial charge in [0.05, 0.1) is 0 Å². The van der Waals surface area contributed by atoms with Crippen molar-refractivity contribution in [2.75, 3.05) is 0 Å². The standard InChI is InChI=1S/C14H17N/c1-2-6-12(7-3-1)13-10-14-8-4-5-9-15(14)11-13/h4-5,8-12H,1-3,6-7H2. The minimum Gasteiger partial charge on any atom is -0.324 e. The quantitative estimate of drug-likeness (QED) is 0.654. The topological polar surface area (TPSA) is 4.41 Å². The van der Waals surface area contributed by atoms with E-state index in [1.165, 1.54) is 37.6 Å². The minimum atomic E-state index is 0.818. The van der Waals surface area contributed by atoms with Crippen LogP contribution in [-0.2, 0) is 0 Å². The van der Waals surface area contributed by atoms with E-state index in [1.54, 1.807) is 5.56 Å². The van der Waals surface area contributed by atoms with Crippen LogP contribution in [0.4, 0.5) is 0 Å². The number of fused-ring (bicyclic) bond motifs is 1. The third kappa shape index (κ3) is 1.67. The number of aromatic nitrogens is 1. The highest BCUT2D eigenvalue weighted by Crippen LogP contribution is 2.33. The highest BCUT2D eigenvalue weighted by atomic mass is 14.8. The van der Waals surface area contributed by atoms with Crippen molar-refractivity contribution in [3.8, 4) is 0 Å². The van der Waals surface area contributed by atoms with Gasteiger partial charge in [0.2, 0.25) is 0 Å². The molecular formula is C14H17N. The molecule has 1 aliphatic carbocycles. The van der Waals surface area contributed by atoms with Crippen LogP contribution in [0.3, 0.4) is 0 Å². The average Bonchev–Trinajstić information content (AvgIpc) is 2.74. The Morgan fingerprint density at radius 3 is 2.73 bits per heavy atom. The first-order valence-corrected chi connectivity index (χ1v) is 6.00. The van der Waals surface area contributed by atoms with Gasteiger partial charge >= 0.3 is 0 Å². The van der Waals surface area contributed by atoms with Crippen LogP contribution >= 0.6 is 0 Å². The lowest BCUT2D eigenvalue weighted by atomic mass is 9.85. The van der Waals surface area contributed by atoms with Crippen LogP contribution in [0.1, 0.15) is 43.6 Å². The summed E-state index contributed by atoms with van der Waals surface area (Å²) in [6, 6.07) is 8.75. The molecule has 3 rings (SSSR count). The Labute approximate surface area is 90.7 Å². The fraction of sp³-hybridized carbons (Fsp3) is 0.429. The average molecular weight is 199 g/mol. The lowest BCUT2D eigenvalue weighted by Crippen LogP contribution is -2.03. The van der Waals surface area contributed by atoms with Gasteiger partial charge in [0, 0.05) is 17.9 Å². The molecule has 1 nitrogen and oxygen atoms in total. The van der Waals surface area contributed by atoms with Crippen molar-refractivity contribution in [3.05, 3.63) is 42.2 Å². The van der Waals surface area contributed by atoms with E-state index in [0.29, 0.717) is 0 Å². The highest BCUT2D eigenvalue weighted by molar-refractivity contribution is 5.50. The van der Waals surface area contributed by atoms with E-state index in [1.807, 2.05) is 0 Å². The van der Waals surface area contributed by atoms with Crippen LogP contribution in [0.25, 0.3) is 5.52 Å². The van der Waals surface area contributed by atoms with Crippen molar-refractivity contribution < 1.29 is 0 Å². The summed E-state index contributed by atoms with van der Waals surface area (Å²) in [6.45, 7) is 0. The van der Waals surface area contributed by atoms with Gasteiger partial charge in [-0.1, -0.05) is 25.3 Å². The number of hydrogen-bond donors (Lipinski definition) is 0. The molecule has 2 heterocycles. The number of pyridine rings is 1. The van der Waals surface area contributed by atoms with E-state index >= 15 is 0 Å². The molecule has 0 amide bonds. The fourth-order valence-electron chi connectivity index (χ4n) is 2.74. The van der Waals surface area contributed by atoms with E-state index in [9.17, 15) is 0 Å². The maximum Gasteiger partial charge on any atom is 0.0452 e. The summed E-state index contributed by atoms with van der Waals surface area (Å²) in [5.41, 5.74) is 2.87. The van der Waals surface area contributed by atoms with E-state index in [2.05, 4.69) is 41.1 Å². The maximum absolute atomic E-state index is 2.36. The van der Waals surface area contributed by atoms with Crippen molar-refractivity contribution in [2.45, 2.75) is 38.0 Å². The van der Waals surface area contributed by atoms with E-state index in [0.717, 1.165) is 5.92 Å². The lowest BCUT2D eigenvalue weighted by molar-refractivity contribution is 0.444. The largest absolute Gasteiger partial charge is 0.324 e. The molecule has 1 heteroatoms.